The van der Waals surface area contributed by atoms with Crippen LogP contribution in [0.15, 0.2) is 32.4 Å². The van der Waals surface area contributed by atoms with Crippen LogP contribution in [0, 0.1) is 0 Å². The van der Waals surface area contributed by atoms with Gasteiger partial charge < -0.3 is 9.84 Å². The molecule has 0 atom stereocenters. The number of nitrogens with zero attached hydrogens (tertiary/aromatic N) is 4. The predicted octanol–water partition coefficient (Wildman–Crippen LogP) is 4.62. The average Bonchev–Trinajstić information content (AvgIpc) is 3.26. The van der Waals surface area contributed by atoms with Crippen LogP contribution in [0.1, 0.15) is 30.5 Å². The molecule has 7 nitrogen and oxygen atoms in total. The highest BCUT2D eigenvalue weighted by molar-refractivity contribution is 9.11. The molecule has 0 bridgehead atoms. The number of aromatic nitrogens is 4. The van der Waals surface area contributed by atoms with E-state index >= 15 is 0 Å². The van der Waals surface area contributed by atoms with Gasteiger partial charge in [-0.3, -0.25) is 8.80 Å². The number of hydrogen-bond donors (Lipinski definition) is 1. The summed E-state index contributed by atoms with van der Waals surface area (Å²) in [5.74, 6) is -0.375. The van der Waals surface area contributed by atoms with E-state index in [2.05, 4.69) is 41.8 Å². The Morgan fingerprint density at radius 2 is 1.69 bits per heavy atom. The van der Waals surface area contributed by atoms with E-state index in [1.807, 2.05) is 23.0 Å². The molecule has 26 heavy (non-hydrogen) atoms. The number of rotatable bonds is 3. The third kappa shape index (κ3) is 4.71. The summed E-state index contributed by atoms with van der Waals surface area (Å²) in [6, 6.07) is 0. The molecule has 0 radical (unpaired) electrons. The van der Waals surface area contributed by atoms with Crippen LogP contribution in [0.3, 0.4) is 0 Å². The van der Waals surface area contributed by atoms with Gasteiger partial charge in [-0.2, -0.15) is 0 Å². The van der Waals surface area contributed by atoms with Crippen molar-refractivity contribution < 1.29 is 14.6 Å². The topological polar surface area (TPSA) is 81.1 Å². The molecular formula is C15H16Br2N4O3S2. The van der Waals surface area contributed by atoms with Crippen LogP contribution in [0.4, 0.5) is 0 Å². The van der Waals surface area contributed by atoms with Crippen LogP contribution in [-0.4, -0.2) is 36.5 Å². The van der Waals surface area contributed by atoms with Crippen molar-refractivity contribution in [3.63, 3.8) is 0 Å². The monoisotopic (exact) mass is 522 g/mol. The lowest BCUT2D eigenvalue weighted by molar-refractivity contribution is 0.0520. The average molecular weight is 524 g/mol. The lowest BCUT2D eigenvalue weighted by Gasteiger charge is -1.95. The Morgan fingerprint density at radius 3 is 2.19 bits per heavy atom. The fraction of sp³-hybridized carbons (Fsp3) is 0.267. The molecule has 4 rings (SSSR count). The third-order valence-corrected chi connectivity index (χ3v) is 5.90. The summed E-state index contributed by atoms with van der Waals surface area (Å²) in [5.41, 5.74) is 1.06. The molecule has 4 aromatic heterocycles. The zero-order valence-electron chi connectivity index (χ0n) is 12.8. The molecule has 0 spiro atoms. The quantitative estimate of drug-likeness (QED) is 0.396. The maximum absolute atomic E-state index is 11.3. The highest BCUT2D eigenvalue weighted by Gasteiger charge is 2.12. The molecule has 140 valence electrons. The number of thiazole rings is 2. The number of hydrogen-bond acceptors (Lipinski definition) is 7. The molecular weight excluding hydrogens is 508 g/mol. The molecule has 0 unspecified atom stereocenters. The van der Waals surface area contributed by atoms with E-state index < -0.39 is 0 Å². The largest absolute Gasteiger partial charge is 0.461 e. The van der Waals surface area contributed by atoms with Crippen molar-refractivity contribution >= 4 is 70.4 Å². The number of aliphatic hydroxyl groups is 1. The van der Waals surface area contributed by atoms with E-state index in [0.717, 1.165) is 17.5 Å². The molecule has 0 fully saturated rings. The van der Waals surface area contributed by atoms with Gasteiger partial charge in [-0.1, -0.05) is 30.1 Å². The van der Waals surface area contributed by atoms with Crippen LogP contribution in [0.25, 0.3) is 9.92 Å². The van der Waals surface area contributed by atoms with Crippen LogP contribution in [0.5, 0.6) is 0 Å². The van der Waals surface area contributed by atoms with Gasteiger partial charge in [-0.25, -0.2) is 14.8 Å². The zero-order chi connectivity index (χ0) is 18.0. The minimum Gasteiger partial charge on any atom is -0.461 e. The molecule has 0 saturated heterocycles. The van der Waals surface area contributed by atoms with Gasteiger partial charge in [0.25, 0.3) is 0 Å². The second-order valence-corrected chi connectivity index (χ2v) is 9.46. The number of fused-ring (bicyclic) bond motifs is 2. The summed E-state index contributed by atoms with van der Waals surface area (Å²) in [4.78, 5) is 21.3. The first-order valence-corrected chi connectivity index (χ1v) is 10.3. The number of carbonyl (C=O) groups is 1. The van der Waals surface area contributed by atoms with Crippen molar-refractivity contribution in [2.24, 2.45) is 0 Å². The van der Waals surface area contributed by atoms with Crippen LogP contribution in [-0.2, 0) is 11.3 Å². The standard InChI is InChI=1S/C8H7BrN2O2S.C6H5BrN2OS.CH4/c1-2-13-7(12)5-3-11-4-6(9)14-8(11)10-5;7-5-2-9-1-4(3-10)8-6(9)11-5;/h3-4H,2H2,1H3;1-2,10H,3H2;1H4. The lowest BCUT2D eigenvalue weighted by Crippen LogP contribution is -2.04. The molecule has 0 aliphatic heterocycles. The minimum atomic E-state index is -0.375. The van der Waals surface area contributed by atoms with Crippen LogP contribution in [0.2, 0.25) is 0 Å². The molecule has 0 aliphatic rings. The Hall–Kier alpha value is -1.27. The SMILES string of the molecule is C.CCOC(=O)c1cn2cc(Br)sc2n1.OCc1cn2cc(Br)sc2n1. The van der Waals surface area contributed by atoms with Gasteiger partial charge in [0.2, 0.25) is 0 Å². The van der Waals surface area contributed by atoms with E-state index in [9.17, 15) is 4.79 Å². The molecule has 11 heteroatoms. The Balaban J connectivity index is 0.000000184. The highest BCUT2D eigenvalue weighted by atomic mass is 79.9. The number of ether oxygens (including phenoxy) is 1. The van der Waals surface area contributed by atoms with Gasteiger partial charge in [0.05, 0.1) is 26.5 Å². The van der Waals surface area contributed by atoms with Crippen LogP contribution < -0.4 is 0 Å². The maximum Gasteiger partial charge on any atom is 0.358 e. The second kappa shape index (κ2) is 9.09. The van der Waals surface area contributed by atoms with Gasteiger partial charge in [0.15, 0.2) is 15.6 Å². The fourth-order valence-electron chi connectivity index (χ4n) is 1.96. The van der Waals surface area contributed by atoms with Gasteiger partial charge in [-0.05, 0) is 38.8 Å². The van der Waals surface area contributed by atoms with Crippen molar-refractivity contribution in [3.8, 4) is 0 Å². The first kappa shape index (κ1) is 21.0. The van der Waals surface area contributed by atoms with E-state index in [1.165, 1.54) is 11.3 Å². The summed E-state index contributed by atoms with van der Waals surface area (Å²) < 4.78 is 10.5. The van der Waals surface area contributed by atoms with Gasteiger partial charge >= 0.3 is 5.97 Å². The molecule has 0 aliphatic carbocycles. The van der Waals surface area contributed by atoms with E-state index in [0.29, 0.717) is 18.0 Å². The normalized spacial score (nSPS) is 10.5. The summed E-state index contributed by atoms with van der Waals surface area (Å²) in [5, 5.41) is 8.74. The number of esters is 1. The minimum absolute atomic E-state index is 0. The Bertz CT molecular complexity index is 958. The summed E-state index contributed by atoms with van der Waals surface area (Å²) >= 11 is 9.70. The maximum atomic E-state index is 11.3. The molecule has 0 aromatic carbocycles. The first-order chi connectivity index (χ1) is 12.0. The molecule has 0 amide bonds. The van der Waals surface area contributed by atoms with E-state index in [1.54, 1.807) is 28.9 Å². The van der Waals surface area contributed by atoms with E-state index in [-0.39, 0.29) is 20.0 Å². The summed E-state index contributed by atoms with van der Waals surface area (Å²) in [7, 11) is 0. The van der Waals surface area contributed by atoms with Gasteiger partial charge in [0, 0.05) is 24.8 Å². The number of aliphatic hydroxyl groups excluding tert-OH is 1. The van der Waals surface area contributed by atoms with Crippen molar-refractivity contribution in [2.75, 3.05) is 6.61 Å². The van der Waals surface area contributed by atoms with Crippen molar-refractivity contribution in [2.45, 2.75) is 21.0 Å². The molecule has 4 aromatic rings. The van der Waals surface area contributed by atoms with Crippen LogP contribution >= 0.6 is 54.5 Å². The number of halogens is 2. The molecule has 1 N–H and O–H groups in total. The number of imidazole rings is 2. The Morgan fingerprint density at radius 1 is 1.12 bits per heavy atom. The summed E-state index contributed by atoms with van der Waals surface area (Å²) in [6.45, 7) is 2.15. The Labute approximate surface area is 174 Å². The lowest BCUT2D eigenvalue weighted by atomic mass is 10.5. The first-order valence-electron chi connectivity index (χ1n) is 7.05. The zero-order valence-corrected chi connectivity index (χ0v) is 17.7. The van der Waals surface area contributed by atoms with Gasteiger partial charge in [-0.15, -0.1) is 0 Å². The van der Waals surface area contributed by atoms with E-state index in [4.69, 9.17) is 9.84 Å². The smallest absolute Gasteiger partial charge is 0.358 e. The summed E-state index contributed by atoms with van der Waals surface area (Å²) in [6.07, 6.45) is 7.26. The third-order valence-electron chi connectivity index (χ3n) is 2.95. The predicted molar refractivity (Wildman–Crippen MR) is 110 cm³/mol. The second-order valence-electron chi connectivity index (χ2n) is 4.69. The molecule has 4 heterocycles. The molecule has 0 saturated carbocycles. The fourth-order valence-corrected chi connectivity index (χ4v) is 4.68. The number of carbonyl (C=O) groups excluding carboxylic acids is 1. The van der Waals surface area contributed by atoms with Crippen molar-refractivity contribution in [1.82, 2.24) is 18.8 Å². The Kier molecular flexibility index (Phi) is 7.35. The van der Waals surface area contributed by atoms with Crippen molar-refractivity contribution in [1.29, 1.82) is 0 Å². The van der Waals surface area contributed by atoms with Gasteiger partial charge in [0.1, 0.15) is 0 Å². The van der Waals surface area contributed by atoms with Crippen molar-refractivity contribution in [3.05, 3.63) is 43.7 Å². The highest BCUT2D eigenvalue weighted by Crippen LogP contribution is 2.23.